The van der Waals surface area contributed by atoms with Crippen LogP contribution in [0.25, 0.3) is 6.08 Å². The van der Waals surface area contributed by atoms with Gasteiger partial charge in [-0.3, -0.25) is 9.59 Å². The van der Waals surface area contributed by atoms with Crippen molar-refractivity contribution in [3.63, 3.8) is 0 Å². The molecule has 33 heavy (non-hydrogen) atoms. The highest BCUT2D eigenvalue weighted by Crippen LogP contribution is 2.65. The van der Waals surface area contributed by atoms with Gasteiger partial charge in [0.1, 0.15) is 23.3 Å². The topological polar surface area (TPSA) is 82.1 Å². The van der Waals surface area contributed by atoms with Gasteiger partial charge >= 0.3 is 0 Å². The SMILES string of the molecule is C=CC(C)(C)[C@]12Nc3c(ccc4c3OC(C)(C)C=C4)[C@@]1(O)C[C@@H]1C(=O)N3CCC[C@@H]3C(=O)N12. The Kier molecular flexibility index (Phi) is 3.78. The Morgan fingerprint density at radius 1 is 1.24 bits per heavy atom. The lowest BCUT2D eigenvalue weighted by atomic mass is 9.68. The fraction of sp³-hybridized carbons (Fsp3) is 0.538. The fourth-order valence-corrected chi connectivity index (χ4v) is 6.81. The van der Waals surface area contributed by atoms with E-state index in [0.717, 1.165) is 12.0 Å². The molecule has 0 saturated carbocycles. The number of amides is 2. The van der Waals surface area contributed by atoms with Gasteiger partial charge in [0.25, 0.3) is 0 Å². The molecule has 5 aliphatic rings. The van der Waals surface area contributed by atoms with Crippen LogP contribution in [0.5, 0.6) is 5.75 Å². The number of hydrogen-bond acceptors (Lipinski definition) is 5. The van der Waals surface area contributed by atoms with E-state index in [-0.39, 0.29) is 18.2 Å². The van der Waals surface area contributed by atoms with E-state index in [1.165, 1.54) is 0 Å². The molecular weight excluding hydrogens is 418 g/mol. The molecule has 3 fully saturated rings. The number of aliphatic hydroxyl groups is 1. The first-order chi connectivity index (χ1) is 15.5. The zero-order valence-electron chi connectivity index (χ0n) is 19.6. The van der Waals surface area contributed by atoms with Gasteiger partial charge in [0, 0.05) is 29.5 Å². The molecule has 0 aromatic heterocycles. The van der Waals surface area contributed by atoms with Gasteiger partial charge in [0.05, 0.1) is 5.69 Å². The molecular formula is C26H31N3O4. The summed E-state index contributed by atoms with van der Waals surface area (Å²) < 4.78 is 6.35. The number of piperazine rings is 1. The van der Waals surface area contributed by atoms with Crippen molar-refractivity contribution in [1.82, 2.24) is 9.80 Å². The Hall–Kier alpha value is -2.80. The first-order valence-corrected chi connectivity index (χ1v) is 11.8. The van der Waals surface area contributed by atoms with Gasteiger partial charge in [-0.05, 0) is 32.8 Å². The molecule has 7 nitrogen and oxygen atoms in total. The lowest BCUT2D eigenvalue weighted by Crippen LogP contribution is -2.73. The number of hydrogen-bond donors (Lipinski definition) is 2. The van der Waals surface area contributed by atoms with Gasteiger partial charge in [0.15, 0.2) is 11.4 Å². The van der Waals surface area contributed by atoms with Crippen molar-refractivity contribution in [3.8, 4) is 5.75 Å². The molecule has 3 saturated heterocycles. The molecule has 2 amide bonds. The van der Waals surface area contributed by atoms with Gasteiger partial charge in [-0.2, -0.15) is 0 Å². The summed E-state index contributed by atoms with van der Waals surface area (Å²) in [5.74, 6) is 0.496. The minimum atomic E-state index is -1.49. The molecule has 0 bridgehead atoms. The van der Waals surface area contributed by atoms with Crippen LogP contribution in [-0.2, 0) is 15.2 Å². The smallest absolute Gasteiger partial charge is 0.248 e. The van der Waals surface area contributed by atoms with E-state index in [2.05, 4.69) is 11.9 Å². The number of carbonyl (C=O) groups is 2. The Labute approximate surface area is 194 Å². The molecule has 0 spiro atoms. The molecule has 7 heteroatoms. The van der Waals surface area contributed by atoms with Crippen molar-refractivity contribution in [2.75, 3.05) is 11.9 Å². The maximum absolute atomic E-state index is 13.9. The molecule has 5 heterocycles. The number of ether oxygens (including phenoxy) is 1. The molecule has 0 aliphatic carbocycles. The number of fused-ring (bicyclic) bond motifs is 8. The predicted molar refractivity (Wildman–Crippen MR) is 124 cm³/mol. The Morgan fingerprint density at radius 3 is 2.73 bits per heavy atom. The number of nitrogens with one attached hydrogen (secondary N) is 1. The fourth-order valence-electron chi connectivity index (χ4n) is 6.81. The van der Waals surface area contributed by atoms with Gasteiger partial charge in [-0.25, -0.2) is 0 Å². The minimum absolute atomic E-state index is 0.0687. The van der Waals surface area contributed by atoms with Crippen LogP contribution in [0.2, 0.25) is 0 Å². The molecule has 0 radical (unpaired) electrons. The molecule has 1 aromatic carbocycles. The second-order valence-electron chi connectivity index (χ2n) is 11.2. The third kappa shape index (κ3) is 2.24. The molecule has 1 aromatic rings. The summed E-state index contributed by atoms with van der Waals surface area (Å²) in [7, 11) is 0. The lowest BCUT2D eigenvalue weighted by molar-refractivity contribution is -0.169. The molecule has 0 unspecified atom stereocenters. The lowest BCUT2D eigenvalue weighted by Gasteiger charge is -2.54. The van der Waals surface area contributed by atoms with Crippen LogP contribution in [-0.4, -0.2) is 56.6 Å². The van der Waals surface area contributed by atoms with E-state index in [4.69, 9.17) is 4.74 Å². The third-order valence-corrected chi connectivity index (χ3v) is 8.52. The maximum Gasteiger partial charge on any atom is 0.248 e. The second kappa shape index (κ2) is 6.00. The highest BCUT2D eigenvalue weighted by Gasteiger charge is 2.76. The normalized spacial score (nSPS) is 35.3. The average molecular weight is 450 g/mol. The monoisotopic (exact) mass is 449 g/mol. The van der Waals surface area contributed by atoms with Crippen LogP contribution in [0.1, 0.15) is 58.1 Å². The Bertz CT molecular complexity index is 1150. The summed E-state index contributed by atoms with van der Waals surface area (Å²) in [6.07, 6.45) is 7.42. The van der Waals surface area contributed by atoms with Crippen LogP contribution in [0.3, 0.4) is 0 Å². The molecule has 2 N–H and O–H groups in total. The van der Waals surface area contributed by atoms with E-state index in [0.29, 0.717) is 30.0 Å². The number of carbonyl (C=O) groups excluding carboxylic acids is 2. The van der Waals surface area contributed by atoms with Crippen molar-refractivity contribution in [1.29, 1.82) is 0 Å². The van der Waals surface area contributed by atoms with Gasteiger partial charge < -0.3 is 25.0 Å². The number of anilines is 1. The second-order valence-corrected chi connectivity index (χ2v) is 11.2. The standard InChI is InChI=1S/C26H31N3O4/c1-6-23(2,3)26-25(32,14-18-21(30)28-13-7-8-17(28)22(31)29(18)26)16-10-9-15-11-12-24(4,5)33-20(15)19(16)27-26/h6,9-12,17-18,27,32H,1,7-8,13-14H2,2-5H3/t17-,18-,25+,26-/m1/s1. The zero-order chi connectivity index (χ0) is 23.6. The zero-order valence-corrected chi connectivity index (χ0v) is 19.6. The van der Waals surface area contributed by atoms with E-state index in [9.17, 15) is 14.7 Å². The summed E-state index contributed by atoms with van der Waals surface area (Å²) in [5, 5.41) is 16.1. The first kappa shape index (κ1) is 20.8. The number of benzene rings is 1. The van der Waals surface area contributed by atoms with Crippen LogP contribution >= 0.6 is 0 Å². The van der Waals surface area contributed by atoms with Crippen LogP contribution < -0.4 is 10.1 Å². The summed E-state index contributed by atoms with van der Waals surface area (Å²) in [5.41, 5.74) is -1.75. The maximum atomic E-state index is 13.9. The molecule has 4 atom stereocenters. The van der Waals surface area contributed by atoms with E-state index >= 15 is 0 Å². The summed E-state index contributed by atoms with van der Waals surface area (Å²) in [6, 6.07) is 2.66. The van der Waals surface area contributed by atoms with Crippen molar-refractivity contribution in [2.24, 2.45) is 5.41 Å². The third-order valence-electron chi connectivity index (χ3n) is 8.52. The van der Waals surface area contributed by atoms with Gasteiger partial charge in [0.2, 0.25) is 11.8 Å². The quantitative estimate of drug-likeness (QED) is 0.679. The Morgan fingerprint density at radius 2 is 2.00 bits per heavy atom. The van der Waals surface area contributed by atoms with Crippen molar-refractivity contribution >= 4 is 23.6 Å². The number of nitrogens with zero attached hydrogens (tertiary/aromatic N) is 2. The van der Waals surface area contributed by atoms with E-state index in [1.54, 1.807) is 15.9 Å². The van der Waals surface area contributed by atoms with Crippen molar-refractivity contribution < 1.29 is 19.4 Å². The first-order valence-electron chi connectivity index (χ1n) is 11.8. The average Bonchev–Trinajstić information content (AvgIpc) is 3.41. The van der Waals surface area contributed by atoms with Crippen molar-refractivity contribution in [3.05, 3.63) is 42.0 Å². The number of rotatable bonds is 2. The highest BCUT2D eigenvalue weighted by molar-refractivity contribution is 6.00. The summed E-state index contributed by atoms with van der Waals surface area (Å²) >= 11 is 0. The summed E-state index contributed by atoms with van der Waals surface area (Å²) in [6.45, 7) is 12.5. The molecule has 6 rings (SSSR count). The van der Waals surface area contributed by atoms with Gasteiger partial charge in [-0.15, -0.1) is 6.58 Å². The van der Waals surface area contributed by atoms with Gasteiger partial charge in [-0.1, -0.05) is 38.1 Å². The predicted octanol–water partition coefficient (Wildman–Crippen LogP) is 3.00. The molecule has 174 valence electrons. The molecule has 5 aliphatic heterocycles. The van der Waals surface area contributed by atoms with E-state index in [1.807, 2.05) is 52.0 Å². The minimum Gasteiger partial charge on any atom is -0.481 e. The largest absolute Gasteiger partial charge is 0.481 e. The van der Waals surface area contributed by atoms with Crippen LogP contribution in [0.15, 0.2) is 30.9 Å². The highest BCUT2D eigenvalue weighted by atomic mass is 16.5. The Balaban J connectivity index is 1.60. The van der Waals surface area contributed by atoms with E-state index < -0.39 is 34.4 Å². The van der Waals surface area contributed by atoms with Crippen molar-refractivity contribution in [2.45, 2.75) is 75.9 Å². The summed E-state index contributed by atoms with van der Waals surface area (Å²) in [4.78, 5) is 30.8. The van der Waals surface area contributed by atoms with Crippen LogP contribution in [0.4, 0.5) is 5.69 Å². The van der Waals surface area contributed by atoms with Crippen LogP contribution in [0, 0.1) is 5.41 Å².